The van der Waals surface area contributed by atoms with Crippen LogP contribution in [-0.2, 0) is 17.9 Å². The molecule has 0 N–H and O–H groups in total. The predicted molar refractivity (Wildman–Crippen MR) is 112 cm³/mol. The van der Waals surface area contributed by atoms with Gasteiger partial charge < -0.3 is 9.15 Å². The Hall–Kier alpha value is -4.33. The van der Waals surface area contributed by atoms with E-state index in [2.05, 4.69) is 20.5 Å². The number of rotatable bonds is 6. The first-order valence-corrected chi connectivity index (χ1v) is 9.68. The summed E-state index contributed by atoms with van der Waals surface area (Å²) in [5.41, 5.74) is 4.05. The van der Waals surface area contributed by atoms with Gasteiger partial charge in [-0.15, -0.1) is 15.3 Å². The molecule has 0 radical (unpaired) electrons. The molecule has 0 saturated carbocycles. The smallest absolute Gasteiger partial charge is 0.338 e. The van der Waals surface area contributed by atoms with E-state index in [0.717, 1.165) is 22.2 Å². The minimum Gasteiger partial charge on any atom is -0.452 e. The van der Waals surface area contributed by atoms with E-state index in [1.165, 1.54) is 0 Å². The minimum absolute atomic E-state index is 0.0919. The quantitative estimate of drug-likeness (QED) is 0.391. The Morgan fingerprint density at radius 1 is 0.871 bits per heavy atom. The second-order valence-electron chi connectivity index (χ2n) is 6.88. The monoisotopic (exact) mass is 411 g/mol. The van der Waals surface area contributed by atoms with Gasteiger partial charge in [0, 0.05) is 5.56 Å². The van der Waals surface area contributed by atoms with Gasteiger partial charge in [0.25, 0.3) is 5.89 Å². The summed E-state index contributed by atoms with van der Waals surface area (Å²) in [5.74, 6) is 0.163. The Morgan fingerprint density at radius 3 is 2.48 bits per heavy atom. The maximum absolute atomic E-state index is 12.4. The van der Waals surface area contributed by atoms with Crippen LogP contribution in [0.15, 0.2) is 83.3 Å². The van der Waals surface area contributed by atoms with Crippen molar-refractivity contribution in [2.75, 3.05) is 0 Å². The lowest BCUT2D eigenvalue weighted by molar-refractivity contribution is 0.0438. The molecule has 0 spiro atoms. The van der Waals surface area contributed by atoms with E-state index in [9.17, 15) is 4.79 Å². The van der Waals surface area contributed by atoms with Crippen LogP contribution in [0.1, 0.15) is 21.8 Å². The van der Waals surface area contributed by atoms with Crippen LogP contribution in [0.4, 0.5) is 0 Å². The zero-order chi connectivity index (χ0) is 21.0. The topological polar surface area (TPSA) is 95.9 Å². The van der Waals surface area contributed by atoms with Crippen LogP contribution in [-0.4, -0.2) is 31.2 Å². The fourth-order valence-corrected chi connectivity index (χ4v) is 3.17. The molecule has 0 fully saturated rings. The highest BCUT2D eigenvalue weighted by atomic mass is 16.5. The molecule has 0 saturated heterocycles. The fraction of sp³-hybridized carbons (Fsp3) is 0.0870. The first-order chi connectivity index (χ1) is 15.3. The van der Waals surface area contributed by atoms with Crippen LogP contribution < -0.4 is 0 Å². The van der Waals surface area contributed by atoms with E-state index in [4.69, 9.17) is 9.15 Å². The van der Waals surface area contributed by atoms with Gasteiger partial charge in [0.15, 0.2) is 6.61 Å². The number of aromatic nitrogens is 5. The summed E-state index contributed by atoms with van der Waals surface area (Å²) in [4.78, 5) is 12.4. The SMILES string of the molecule is O=C(OCc1nnc(-c2ccccc2)o1)c1ccc(Cn2nnc3ccccc32)cc1. The number of carbonyl (C=O) groups is 1. The van der Waals surface area contributed by atoms with Crippen LogP contribution >= 0.6 is 0 Å². The van der Waals surface area contributed by atoms with Crippen molar-refractivity contribution in [3.05, 3.63) is 95.9 Å². The third-order valence-corrected chi connectivity index (χ3v) is 4.76. The third kappa shape index (κ3) is 4.04. The summed E-state index contributed by atoms with van der Waals surface area (Å²) in [7, 11) is 0. The molecule has 2 heterocycles. The Kier molecular flexibility index (Phi) is 4.94. The second-order valence-corrected chi connectivity index (χ2v) is 6.88. The van der Waals surface area contributed by atoms with E-state index < -0.39 is 5.97 Å². The molecule has 0 aliphatic rings. The number of fused-ring (bicyclic) bond motifs is 1. The summed E-state index contributed by atoms with van der Waals surface area (Å²) in [6.07, 6.45) is 0. The van der Waals surface area contributed by atoms with Crippen LogP contribution in [0.3, 0.4) is 0 Å². The van der Waals surface area contributed by atoms with Crippen molar-refractivity contribution in [3.8, 4) is 11.5 Å². The number of carbonyl (C=O) groups excluding carboxylic acids is 1. The largest absolute Gasteiger partial charge is 0.452 e. The van der Waals surface area contributed by atoms with Gasteiger partial charge in [0.05, 0.1) is 17.6 Å². The molecular formula is C23H17N5O3. The van der Waals surface area contributed by atoms with E-state index in [1.807, 2.05) is 71.4 Å². The van der Waals surface area contributed by atoms with E-state index in [-0.39, 0.29) is 12.5 Å². The van der Waals surface area contributed by atoms with Crippen molar-refractivity contribution >= 4 is 17.0 Å². The molecular weight excluding hydrogens is 394 g/mol. The van der Waals surface area contributed by atoms with Gasteiger partial charge in [-0.3, -0.25) is 0 Å². The molecule has 0 atom stereocenters. The number of hydrogen-bond acceptors (Lipinski definition) is 7. The van der Waals surface area contributed by atoms with Crippen molar-refractivity contribution in [1.82, 2.24) is 25.2 Å². The van der Waals surface area contributed by atoms with Gasteiger partial charge in [-0.1, -0.05) is 47.7 Å². The number of hydrogen-bond donors (Lipinski definition) is 0. The normalized spacial score (nSPS) is 11.0. The summed E-state index contributed by atoms with van der Waals surface area (Å²) >= 11 is 0. The Bertz CT molecular complexity index is 1330. The molecule has 0 aliphatic heterocycles. The first kappa shape index (κ1) is 18.7. The van der Waals surface area contributed by atoms with Crippen LogP contribution in [0.2, 0.25) is 0 Å². The van der Waals surface area contributed by atoms with Gasteiger partial charge in [0.2, 0.25) is 5.89 Å². The van der Waals surface area contributed by atoms with Crippen LogP contribution in [0.25, 0.3) is 22.5 Å². The number of para-hydroxylation sites is 1. The molecule has 0 amide bonds. The average Bonchev–Trinajstić information content (AvgIpc) is 3.46. The lowest BCUT2D eigenvalue weighted by Gasteiger charge is -2.05. The molecule has 0 unspecified atom stereocenters. The number of ether oxygens (including phenoxy) is 1. The number of benzene rings is 3. The van der Waals surface area contributed by atoms with Gasteiger partial charge in [-0.05, 0) is 42.0 Å². The van der Waals surface area contributed by atoms with Gasteiger partial charge in [-0.2, -0.15) is 0 Å². The fourth-order valence-electron chi connectivity index (χ4n) is 3.17. The van der Waals surface area contributed by atoms with Gasteiger partial charge in [0.1, 0.15) is 5.52 Å². The van der Waals surface area contributed by atoms with E-state index in [1.54, 1.807) is 12.1 Å². The van der Waals surface area contributed by atoms with Crippen molar-refractivity contribution in [2.45, 2.75) is 13.2 Å². The van der Waals surface area contributed by atoms with E-state index >= 15 is 0 Å². The van der Waals surface area contributed by atoms with Crippen molar-refractivity contribution < 1.29 is 13.9 Å². The summed E-state index contributed by atoms with van der Waals surface area (Å²) in [5, 5.41) is 16.3. The van der Waals surface area contributed by atoms with Crippen molar-refractivity contribution in [1.29, 1.82) is 0 Å². The highest BCUT2D eigenvalue weighted by Crippen LogP contribution is 2.18. The maximum Gasteiger partial charge on any atom is 0.338 e. The molecule has 8 heteroatoms. The summed E-state index contributed by atoms with van der Waals surface area (Å²) in [6.45, 7) is 0.464. The minimum atomic E-state index is -0.461. The predicted octanol–water partition coefficient (Wildman–Crippen LogP) is 3.89. The molecule has 3 aromatic carbocycles. The molecule has 5 aromatic rings. The van der Waals surface area contributed by atoms with Gasteiger partial charge in [-0.25, -0.2) is 9.48 Å². The lowest BCUT2D eigenvalue weighted by atomic mass is 10.1. The van der Waals surface area contributed by atoms with Crippen LogP contribution in [0.5, 0.6) is 0 Å². The third-order valence-electron chi connectivity index (χ3n) is 4.76. The highest BCUT2D eigenvalue weighted by molar-refractivity contribution is 5.89. The Balaban J connectivity index is 1.21. The Morgan fingerprint density at radius 2 is 1.65 bits per heavy atom. The zero-order valence-electron chi connectivity index (χ0n) is 16.4. The Labute approximate surface area is 177 Å². The van der Waals surface area contributed by atoms with Gasteiger partial charge >= 0.3 is 5.97 Å². The standard InChI is InChI=1S/C23H17N5O3/c29-23(30-15-21-25-26-22(31-21)17-6-2-1-3-7-17)18-12-10-16(11-13-18)14-28-20-9-5-4-8-19(20)24-27-28/h1-13H,14-15H2. The molecule has 0 bridgehead atoms. The van der Waals surface area contributed by atoms with Crippen LogP contribution in [0, 0.1) is 0 Å². The van der Waals surface area contributed by atoms with Crippen molar-refractivity contribution in [2.24, 2.45) is 0 Å². The number of esters is 1. The first-order valence-electron chi connectivity index (χ1n) is 9.68. The molecule has 0 aliphatic carbocycles. The molecule has 2 aromatic heterocycles. The second kappa shape index (κ2) is 8.19. The van der Waals surface area contributed by atoms with E-state index in [0.29, 0.717) is 18.0 Å². The summed E-state index contributed by atoms with van der Waals surface area (Å²) < 4.78 is 12.7. The highest BCUT2D eigenvalue weighted by Gasteiger charge is 2.13. The maximum atomic E-state index is 12.4. The zero-order valence-corrected chi connectivity index (χ0v) is 16.4. The van der Waals surface area contributed by atoms with Crippen molar-refractivity contribution in [3.63, 3.8) is 0 Å². The molecule has 31 heavy (non-hydrogen) atoms. The number of nitrogens with zero attached hydrogens (tertiary/aromatic N) is 5. The summed E-state index contributed by atoms with van der Waals surface area (Å²) in [6, 6.07) is 24.4. The molecule has 152 valence electrons. The molecule has 5 rings (SSSR count). The molecule has 8 nitrogen and oxygen atoms in total. The lowest BCUT2D eigenvalue weighted by Crippen LogP contribution is -2.06. The average molecular weight is 411 g/mol.